The van der Waals surface area contributed by atoms with E-state index in [1.54, 1.807) is 0 Å². The lowest BCUT2D eigenvalue weighted by Crippen LogP contribution is -2.11. The highest BCUT2D eigenvalue weighted by Gasteiger charge is 2.02. The van der Waals surface area contributed by atoms with Crippen molar-refractivity contribution >= 4 is 0 Å². The van der Waals surface area contributed by atoms with E-state index in [0.29, 0.717) is 12.4 Å². The van der Waals surface area contributed by atoms with Crippen LogP contribution in [0.5, 0.6) is 0 Å². The molecule has 1 aromatic rings. The maximum atomic E-state index is 5.34. The molecule has 0 saturated carbocycles. The second-order valence-corrected chi connectivity index (χ2v) is 2.62. The summed E-state index contributed by atoms with van der Waals surface area (Å²) in [5.41, 5.74) is 0. The Balaban J connectivity index is 2.41. The number of nitrogens with zero attached hydrogens (tertiary/aromatic N) is 2. The Bertz CT molecular complexity index is 222. The van der Waals surface area contributed by atoms with Gasteiger partial charge in [-0.05, 0) is 13.0 Å². The van der Waals surface area contributed by atoms with E-state index in [1.807, 2.05) is 6.92 Å². The quantitative estimate of drug-likeness (QED) is 0.718. The predicted molar refractivity (Wildman–Crippen MR) is 45.7 cm³/mol. The Morgan fingerprint density at radius 2 is 2.00 bits per heavy atom. The minimum Gasteiger partial charge on any atom is -0.424 e. The lowest BCUT2D eigenvalue weighted by Gasteiger charge is -1.93. The minimum absolute atomic E-state index is 0.674. The van der Waals surface area contributed by atoms with Crippen LogP contribution in [0.4, 0.5) is 0 Å². The number of aryl methyl sites for hydroxylation is 1. The molecule has 68 valence electrons. The van der Waals surface area contributed by atoms with E-state index in [-0.39, 0.29) is 0 Å². The SMILES string of the molecule is CCCc1nnc(CNCC)o1. The third-order valence-corrected chi connectivity index (χ3v) is 1.50. The van der Waals surface area contributed by atoms with Gasteiger partial charge < -0.3 is 9.73 Å². The van der Waals surface area contributed by atoms with Crippen LogP contribution in [0.2, 0.25) is 0 Å². The monoisotopic (exact) mass is 169 g/mol. The Morgan fingerprint density at radius 1 is 1.25 bits per heavy atom. The second-order valence-electron chi connectivity index (χ2n) is 2.62. The van der Waals surface area contributed by atoms with E-state index >= 15 is 0 Å². The van der Waals surface area contributed by atoms with Crippen LogP contribution in [0.25, 0.3) is 0 Å². The van der Waals surface area contributed by atoms with Crippen LogP contribution in [0.1, 0.15) is 32.0 Å². The lowest BCUT2D eigenvalue weighted by atomic mass is 10.3. The van der Waals surface area contributed by atoms with Crippen LogP contribution in [-0.2, 0) is 13.0 Å². The molecule has 0 amide bonds. The highest BCUT2D eigenvalue weighted by Crippen LogP contribution is 2.01. The van der Waals surface area contributed by atoms with E-state index in [9.17, 15) is 0 Å². The minimum atomic E-state index is 0.674. The fourth-order valence-electron chi connectivity index (χ4n) is 0.907. The van der Waals surface area contributed by atoms with E-state index in [2.05, 4.69) is 22.4 Å². The Kier molecular flexibility index (Phi) is 3.73. The maximum Gasteiger partial charge on any atom is 0.230 e. The van der Waals surface area contributed by atoms with E-state index in [1.165, 1.54) is 0 Å². The van der Waals surface area contributed by atoms with Crippen LogP contribution in [0, 0.1) is 0 Å². The van der Waals surface area contributed by atoms with Gasteiger partial charge in [0.15, 0.2) is 0 Å². The first-order valence-electron chi connectivity index (χ1n) is 4.38. The molecule has 0 fully saturated rings. The first-order valence-corrected chi connectivity index (χ1v) is 4.38. The zero-order chi connectivity index (χ0) is 8.81. The van der Waals surface area contributed by atoms with Crippen molar-refractivity contribution in [2.75, 3.05) is 6.54 Å². The summed E-state index contributed by atoms with van der Waals surface area (Å²) in [6, 6.07) is 0. The molecule has 0 bridgehead atoms. The first kappa shape index (κ1) is 9.19. The van der Waals surface area contributed by atoms with Crippen LogP contribution in [0.15, 0.2) is 4.42 Å². The fraction of sp³-hybridized carbons (Fsp3) is 0.750. The van der Waals surface area contributed by atoms with Gasteiger partial charge in [0.25, 0.3) is 0 Å². The van der Waals surface area contributed by atoms with Gasteiger partial charge in [0, 0.05) is 6.42 Å². The average Bonchev–Trinajstić information content (AvgIpc) is 2.50. The third kappa shape index (κ3) is 2.62. The molecule has 0 saturated heterocycles. The summed E-state index contributed by atoms with van der Waals surface area (Å²) >= 11 is 0. The van der Waals surface area contributed by atoms with E-state index < -0.39 is 0 Å². The van der Waals surface area contributed by atoms with Crippen molar-refractivity contribution < 1.29 is 4.42 Å². The van der Waals surface area contributed by atoms with Crippen LogP contribution < -0.4 is 5.32 Å². The van der Waals surface area contributed by atoms with Crippen LogP contribution in [-0.4, -0.2) is 16.7 Å². The topological polar surface area (TPSA) is 51.0 Å². The number of aromatic nitrogens is 2. The molecule has 0 aromatic carbocycles. The molecule has 1 N–H and O–H groups in total. The Hall–Kier alpha value is -0.900. The highest BCUT2D eigenvalue weighted by molar-refractivity contribution is 4.80. The summed E-state index contributed by atoms with van der Waals surface area (Å²) in [5, 5.41) is 10.9. The normalized spacial score (nSPS) is 10.5. The van der Waals surface area contributed by atoms with Crippen LogP contribution in [0.3, 0.4) is 0 Å². The molecule has 4 heteroatoms. The number of nitrogens with one attached hydrogen (secondary N) is 1. The van der Waals surface area contributed by atoms with Gasteiger partial charge in [-0.3, -0.25) is 0 Å². The predicted octanol–water partition coefficient (Wildman–Crippen LogP) is 1.13. The average molecular weight is 169 g/mol. The zero-order valence-electron chi connectivity index (χ0n) is 7.63. The summed E-state index contributed by atoms with van der Waals surface area (Å²) < 4.78 is 5.34. The maximum absolute atomic E-state index is 5.34. The summed E-state index contributed by atoms with van der Waals surface area (Å²) in [4.78, 5) is 0. The molecule has 0 aliphatic heterocycles. The van der Waals surface area contributed by atoms with E-state index in [0.717, 1.165) is 25.3 Å². The van der Waals surface area contributed by atoms with Crippen molar-refractivity contribution in [1.82, 2.24) is 15.5 Å². The summed E-state index contributed by atoms with van der Waals surface area (Å²) in [6.07, 6.45) is 1.92. The molecule has 0 unspecified atom stereocenters. The highest BCUT2D eigenvalue weighted by atomic mass is 16.4. The standard InChI is InChI=1S/C8H15N3O/c1-3-5-7-10-11-8(12-7)6-9-4-2/h9H,3-6H2,1-2H3. The van der Waals surface area contributed by atoms with Crippen molar-refractivity contribution in [3.8, 4) is 0 Å². The van der Waals surface area contributed by atoms with Gasteiger partial charge in [-0.15, -0.1) is 10.2 Å². The molecule has 1 heterocycles. The summed E-state index contributed by atoms with van der Waals surface area (Å²) in [5.74, 6) is 1.42. The summed E-state index contributed by atoms with van der Waals surface area (Å²) in [7, 11) is 0. The van der Waals surface area contributed by atoms with Gasteiger partial charge in [0.2, 0.25) is 11.8 Å². The fourth-order valence-corrected chi connectivity index (χ4v) is 0.907. The van der Waals surface area contributed by atoms with Crippen molar-refractivity contribution in [3.05, 3.63) is 11.8 Å². The van der Waals surface area contributed by atoms with Crippen molar-refractivity contribution in [2.24, 2.45) is 0 Å². The molecule has 1 aromatic heterocycles. The smallest absolute Gasteiger partial charge is 0.230 e. The third-order valence-electron chi connectivity index (χ3n) is 1.50. The van der Waals surface area contributed by atoms with Crippen molar-refractivity contribution in [3.63, 3.8) is 0 Å². The Morgan fingerprint density at radius 3 is 2.67 bits per heavy atom. The Labute approximate surface area is 72.4 Å². The first-order chi connectivity index (χ1) is 5.86. The molecule has 0 aliphatic carbocycles. The molecule has 4 nitrogen and oxygen atoms in total. The molecule has 1 rings (SSSR count). The van der Waals surface area contributed by atoms with Crippen molar-refractivity contribution in [2.45, 2.75) is 33.2 Å². The number of rotatable bonds is 5. The van der Waals surface area contributed by atoms with Gasteiger partial charge in [0.1, 0.15) is 0 Å². The molecule has 0 spiro atoms. The molecule has 0 radical (unpaired) electrons. The van der Waals surface area contributed by atoms with Gasteiger partial charge in [0.05, 0.1) is 6.54 Å². The molecule has 12 heavy (non-hydrogen) atoms. The van der Waals surface area contributed by atoms with Gasteiger partial charge in [-0.2, -0.15) is 0 Å². The molecular formula is C8H15N3O. The lowest BCUT2D eigenvalue weighted by molar-refractivity contribution is 0.433. The van der Waals surface area contributed by atoms with Gasteiger partial charge in [-0.25, -0.2) is 0 Å². The van der Waals surface area contributed by atoms with Crippen LogP contribution >= 0.6 is 0 Å². The largest absolute Gasteiger partial charge is 0.424 e. The second kappa shape index (κ2) is 4.87. The number of hydrogen-bond donors (Lipinski definition) is 1. The van der Waals surface area contributed by atoms with Crippen molar-refractivity contribution in [1.29, 1.82) is 0 Å². The van der Waals surface area contributed by atoms with E-state index in [4.69, 9.17) is 4.42 Å². The molecular weight excluding hydrogens is 154 g/mol. The van der Waals surface area contributed by atoms with Gasteiger partial charge >= 0.3 is 0 Å². The molecule has 0 atom stereocenters. The summed E-state index contributed by atoms with van der Waals surface area (Å²) in [6.45, 7) is 5.73. The zero-order valence-corrected chi connectivity index (χ0v) is 7.63. The van der Waals surface area contributed by atoms with Gasteiger partial charge in [-0.1, -0.05) is 13.8 Å². The molecule has 0 aliphatic rings. The number of hydrogen-bond acceptors (Lipinski definition) is 4.